The lowest BCUT2D eigenvalue weighted by Crippen LogP contribution is -2.50. The summed E-state index contributed by atoms with van der Waals surface area (Å²) in [5.74, 6) is -0.930. The van der Waals surface area contributed by atoms with Crippen molar-refractivity contribution in [3.63, 3.8) is 0 Å². The number of hydrogen-bond acceptors (Lipinski definition) is 4. The van der Waals surface area contributed by atoms with E-state index in [-0.39, 0.29) is 24.9 Å². The average molecular weight is 316 g/mol. The molecule has 0 bridgehead atoms. The molecule has 0 saturated heterocycles. The van der Waals surface area contributed by atoms with Gasteiger partial charge in [0.15, 0.2) is 6.61 Å². The molecule has 1 aromatic carbocycles. The molecule has 0 spiro atoms. The molecule has 0 saturated carbocycles. The van der Waals surface area contributed by atoms with E-state index in [1.54, 1.807) is 6.92 Å². The number of hydrogen-bond donors (Lipinski definition) is 1. The van der Waals surface area contributed by atoms with Crippen molar-refractivity contribution < 1.29 is 14.3 Å². The van der Waals surface area contributed by atoms with E-state index in [2.05, 4.69) is 11.4 Å². The van der Waals surface area contributed by atoms with Crippen molar-refractivity contribution in [1.82, 2.24) is 5.32 Å². The molecule has 1 aromatic rings. The summed E-state index contributed by atoms with van der Waals surface area (Å²) in [6.07, 6.45) is 0.205. The second kappa shape index (κ2) is 8.33. The van der Waals surface area contributed by atoms with Gasteiger partial charge in [0.2, 0.25) is 0 Å². The number of ether oxygens (including phenoxy) is 1. The molecule has 1 amide bonds. The van der Waals surface area contributed by atoms with Gasteiger partial charge in [0, 0.05) is 0 Å². The maximum Gasteiger partial charge on any atom is 0.306 e. The molecule has 0 fully saturated rings. The summed E-state index contributed by atoms with van der Waals surface area (Å²) in [6, 6.07) is 11.7. The van der Waals surface area contributed by atoms with Gasteiger partial charge in [0.05, 0.1) is 12.5 Å². The predicted octanol–water partition coefficient (Wildman–Crippen LogP) is 2.78. The number of nitrogens with zero attached hydrogens (tertiary/aromatic N) is 1. The maximum absolute atomic E-state index is 11.8. The molecule has 0 aromatic heterocycles. The van der Waals surface area contributed by atoms with Gasteiger partial charge in [0.25, 0.3) is 5.91 Å². The third kappa shape index (κ3) is 5.74. The Balaban J connectivity index is 2.44. The fourth-order valence-electron chi connectivity index (χ4n) is 1.98. The maximum atomic E-state index is 11.8. The van der Waals surface area contributed by atoms with Gasteiger partial charge in [-0.05, 0) is 24.3 Å². The summed E-state index contributed by atoms with van der Waals surface area (Å²) in [6.45, 7) is 6.90. The van der Waals surface area contributed by atoms with E-state index in [0.717, 1.165) is 5.56 Å². The van der Waals surface area contributed by atoms with Crippen molar-refractivity contribution in [1.29, 1.82) is 5.26 Å². The number of amides is 1. The van der Waals surface area contributed by atoms with E-state index in [1.807, 2.05) is 51.1 Å². The van der Waals surface area contributed by atoms with Crippen LogP contribution in [0, 0.1) is 17.2 Å². The highest BCUT2D eigenvalue weighted by Crippen LogP contribution is 2.19. The van der Waals surface area contributed by atoms with Gasteiger partial charge >= 0.3 is 5.97 Å². The van der Waals surface area contributed by atoms with E-state index in [1.165, 1.54) is 0 Å². The van der Waals surface area contributed by atoms with Crippen LogP contribution in [0.3, 0.4) is 0 Å². The predicted molar refractivity (Wildman–Crippen MR) is 87.4 cm³/mol. The van der Waals surface area contributed by atoms with Crippen LogP contribution in [0.15, 0.2) is 30.3 Å². The Hall–Kier alpha value is -2.35. The highest BCUT2D eigenvalue weighted by atomic mass is 16.5. The Bertz CT molecular complexity index is 578. The average Bonchev–Trinajstić information content (AvgIpc) is 2.53. The van der Waals surface area contributed by atoms with Crippen molar-refractivity contribution in [3.8, 4) is 6.07 Å². The molecule has 0 heterocycles. The molecule has 5 nitrogen and oxygen atoms in total. The molecule has 0 unspecified atom stereocenters. The molecule has 2 atom stereocenters. The summed E-state index contributed by atoms with van der Waals surface area (Å²) in [4.78, 5) is 23.7. The Kier molecular flexibility index (Phi) is 6.77. The molecule has 124 valence electrons. The first-order valence-electron chi connectivity index (χ1n) is 7.71. The van der Waals surface area contributed by atoms with Crippen LogP contribution >= 0.6 is 0 Å². The van der Waals surface area contributed by atoms with Crippen LogP contribution in [0.4, 0.5) is 0 Å². The Morgan fingerprint density at radius 1 is 1.26 bits per heavy atom. The van der Waals surface area contributed by atoms with Crippen molar-refractivity contribution in [2.75, 3.05) is 6.61 Å². The fraction of sp³-hybridized carbons (Fsp3) is 0.500. The minimum absolute atomic E-state index is 0.0202. The minimum atomic E-state index is -0.971. The highest BCUT2D eigenvalue weighted by Gasteiger charge is 2.30. The van der Waals surface area contributed by atoms with Crippen LogP contribution in [0.1, 0.15) is 45.6 Å². The Morgan fingerprint density at radius 2 is 1.87 bits per heavy atom. The van der Waals surface area contributed by atoms with E-state index in [4.69, 9.17) is 10.00 Å². The molecule has 0 aliphatic rings. The van der Waals surface area contributed by atoms with Gasteiger partial charge in [-0.1, -0.05) is 51.1 Å². The quantitative estimate of drug-likeness (QED) is 0.784. The third-order valence-electron chi connectivity index (χ3n) is 3.99. The number of nitrogens with one attached hydrogen (secondary N) is 1. The molecular formula is C18H24N2O3. The Morgan fingerprint density at radius 3 is 2.39 bits per heavy atom. The van der Waals surface area contributed by atoms with E-state index in [9.17, 15) is 9.59 Å². The van der Waals surface area contributed by atoms with Crippen LogP contribution < -0.4 is 5.32 Å². The normalized spacial score (nSPS) is 14.4. The summed E-state index contributed by atoms with van der Waals surface area (Å²) < 4.78 is 5.01. The van der Waals surface area contributed by atoms with Crippen molar-refractivity contribution in [2.24, 2.45) is 5.92 Å². The zero-order valence-electron chi connectivity index (χ0n) is 14.1. The lowest BCUT2D eigenvalue weighted by Gasteiger charge is -2.27. The van der Waals surface area contributed by atoms with Gasteiger partial charge in [-0.2, -0.15) is 5.26 Å². The molecule has 1 rings (SSSR count). The summed E-state index contributed by atoms with van der Waals surface area (Å²) in [5.41, 5.74) is 0.0756. The zero-order chi connectivity index (χ0) is 17.5. The third-order valence-corrected chi connectivity index (χ3v) is 3.99. The smallest absolute Gasteiger partial charge is 0.306 e. The summed E-state index contributed by atoms with van der Waals surface area (Å²) >= 11 is 0. The second-order valence-electron chi connectivity index (χ2n) is 6.19. The van der Waals surface area contributed by atoms with E-state index < -0.39 is 17.4 Å². The van der Waals surface area contributed by atoms with Crippen LogP contribution in [0.5, 0.6) is 0 Å². The summed E-state index contributed by atoms with van der Waals surface area (Å²) in [7, 11) is 0. The Labute approximate surface area is 137 Å². The zero-order valence-corrected chi connectivity index (χ0v) is 14.1. The van der Waals surface area contributed by atoms with Crippen molar-refractivity contribution in [2.45, 2.75) is 45.6 Å². The van der Waals surface area contributed by atoms with Gasteiger partial charge in [-0.25, -0.2) is 0 Å². The monoisotopic (exact) mass is 316 g/mol. The molecule has 5 heteroatoms. The van der Waals surface area contributed by atoms with Gasteiger partial charge in [-0.15, -0.1) is 0 Å². The highest BCUT2D eigenvalue weighted by molar-refractivity contribution is 5.81. The fourth-order valence-corrected chi connectivity index (χ4v) is 1.98. The largest absolute Gasteiger partial charge is 0.456 e. The van der Waals surface area contributed by atoms with Crippen LogP contribution in [0.2, 0.25) is 0 Å². The van der Waals surface area contributed by atoms with Crippen molar-refractivity contribution >= 4 is 11.9 Å². The molecule has 1 N–H and O–H groups in total. The number of nitriles is 1. The van der Waals surface area contributed by atoms with Crippen LogP contribution in [0.25, 0.3) is 0 Å². The second-order valence-corrected chi connectivity index (χ2v) is 6.19. The number of carbonyl (C=O) groups is 2. The molecule has 0 aliphatic heterocycles. The van der Waals surface area contributed by atoms with E-state index >= 15 is 0 Å². The number of rotatable bonds is 7. The van der Waals surface area contributed by atoms with Crippen LogP contribution in [-0.4, -0.2) is 24.0 Å². The number of benzene rings is 1. The molecule has 0 aliphatic carbocycles. The first-order valence-corrected chi connectivity index (χ1v) is 7.71. The van der Waals surface area contributed by atoms with Crippen molar-refractivity contribution in [3.05, 3.63) is 35.9 Å². The number of esters is 1. The molecular weight excluding hydrogens is 292 g/mol. The lowest BCUT2D eigenvalue weighted by atomic mass is 9.90. The first kappa shape index (κ1) is 18.7. The lowest BCUT2D eigenvalue weighted by molar-refractivity contribution is -0.149. The van der Waals surface area contributed by atoms with Gasteiger partial charge < -0.3 is 10.1 Å². The standard InChI is InChI=1S/C18H24N2O3/c1-13(2)18(4,12-19)20-16(21)11-23-17(22)10-14(3)15-8-6-5-7-9-15/h5-9,13-14H,10-11H2,1-4H3,(H,20,21)/t14-,18+/m1/s1. The SMILES string of the molecule is CC(C)[C@](C)(C#N)NC(=O)COC(=O)C[C@@H](C)c1ccccc1. The summed E-state index contributed by atoms with van der Waals surface area (Å²) in [5, 5.41) is 11.8. The molecule has 0 radical (unpaired) electrons. The minimum Gasteiger partial charge on any atom is -0.456 e. The first-order chi connectivity index (χ1) is 10.8. The number of carbonyl (C=O) groups excluding carboxylic acids is 2. The topological polar surface area (TPSA) is 79.2 Å². The van der Waals surface area contributed by atoms with E-state index in [0.29, 0.717) is 0 Å². The van der Waals surface area contributed by atoms with Crippen LogP contribution in [-0.2, 0) is 14.3 Å². The van der Waals surface area contributed by atoms with Gasteiger partial charge in [-0.3, -0.25) is 9.59 Å². The van der Waals surface area contributed by atoms with Gasteiger partial charge in [0.1, 0.15) is 5.54 Å². The molecule has 23 heavy (non-hydrogen) atoms.